The number of benzene rings is 1. The Morgan fingerprint density at radius 3 is 2.79 bits per heavy atom. The summed E-state index contributed by atoms with van der Waals surface area (Å²) in [7, 11) is 0. The highest BCUT2D eigenvalue weighted by Gasteiger charge is 2.35. The Kier molecular flexibility index (Phi) is 4.04. The number of fused-ring (bicyclic) bond motifs is 5. The van der Waals surface area contributed by atoms with E-state index in [0.717, 1.165) is 35.5 Å². The number of carbonyl (C=O) groups is 2. The fourth-order valence-corrected chi connectivity index (χ4v) is 4.42. The zero-order valence-electron chi connectivity index (χ0n) is 16.6. The first-order valence-corrected chi connectivity index (χ1v) is 10.1. The molecule has 1 aromatic carbocycles. The lowest BCUT2D eigenvalue weighted by molar-refractivity contribution is -0.121. The topological polar surface area (TPSA) is 99.7 Å². The van der Waals surface area contributed by atoms with Crippen molar-refractivity contribution in [3.63, 3.8) is 0 Å². The number of ether oxygens (including phenoxy) is 2. The molecule has 0 bridgehead atoms. The lowest BCUT2D eigenvalue weighted by Gasteiger charge is -2.28. The fraction of sp³-hybridized carbons (Fsp3) is 0.476. The predicted molar refractivity (Wildman–Crippen MR) is 106 cm³/mol. The van der Waals surface area contributed by atoms with Crippen molar-refractivity contribution in [3.05, 3.63) is 29.0 Å². The molecular weight excluding hydrogens is 372 g/mol. The number of nitrogens with two attached hydrogens (primary N) is 1. The van der Waals surface area contributed by atoms with Crippen LogP contribution in [-0.4, -0.2) is 40.8 Å². The first-order chi connectivity index (χ1) is 13.9. The summed E-state index contributed by atoms with van der Waals surface area (Å²) in [5.41, 5.74) is 10.1. The van der Waals surface area contributed by atoms with E-state index in [-0.39, 0.29) is 24.0 Å². The maximum Gasteiger partial charge on any atom is 0.415 e. The number of primary amides is 1. The maximum atomic E-state index is 12.1. The van der Waals surface area contributed by atoms with Crippen LogP contribution in [0.4, 0.5) is 10.6 Å². The molecule has 1 aliphatic carbocycles. The average Bonchev–Trinajstić information content (AvgIpc) is 3.15. The van der Waals surface area contributed by atoms with Gasteiger partial charge in [-0.2, -0.15) is 0 Å². The van der Waals surface area contributed by atoms with E-state index >= 15 is 0 Å². The molecule has 0 unspecified atom stereocenters. The molecule has 152 valence electrons. The van der Waals surface area contributed by atoms with Gasteiger partial charge in [0.1, 0.15) is 24.8 Å². The molecule has 2 N–H and O–H groups in total. The van der Waals surface area contributed by atoms with Gasteiger partial charge in [0.05, 0.1) is 18.2 Å². The minimum Gasteiger partial charge on any atom is -0.491 e. The average molecular weight is 396 g/mol. The molecular formula is C21H24N4O4. The van der Waals surface area contributed by atoms with Gasteiger partial charge in [0.15, 0.2) is 5.82 Å². The molecule has 1 saturated heterocycles. The first-order valence-electron chi connectivity index (χ1n) is 10.1. The number of imidazole rings is 1. The molecule has 1 fully saturated rings. The van der Waals surface area contributed by atoms with E-state index in [2.05, 4.69) is 4.57 Å². The molecule has 3 heterocycles. The molecule has 5 rings (SSSR count). The van der Waals surface area contributed by atoms with E-state index in [1.54, 1.807) is 4.90 Å². The number of rotatable bonds is 4. The summed E-state index contributed by atoms with van der Waals surface area (Å²) in [5.74, 6) is 1.72. The molecule has 3 aliphatic rings. The molecule has 2 atom stereocenters. The molecule has 0 radical (unpaired) electrons. The Morgan fingerprint density at radius 1 is 1.34 bits per heavy atom. The lowest BCUT2D eigenvalue weighted by atomic mass is 9.78. The van der Waals surface area contributed by atoms with E-state index in [1.165, 1.54) is 11.1 Å². The van der Waals surface area contributed by atoms with Crippen molar-refractivity contribution in [1.82, 2.24) is 9.55 Å². The fourth-order valence-electron chi connectivity index (χ4n) is 4.42. The maximum absolute atomic E-state index is 12.1. The Labute approximate surface area is 168 Å². The number of hydrogen-bond donors (Lipinski definition) is 1. The first kappa shape index (κ1) is 18.0. The summed E-state index contributed by atoms with van der Waals surface area (Å²) in [4.78, 5) is 30.1. The zero-order valence-corrected chi connectivity index (χ0v) is 16.6. The number of cyclic esters (lactones) is 1. The van der Waals surface area contributed by atoms with Crippen molar-refractivity contribution < 1.29 is 19.1 Å². The van der Waals surface area contributed by atoms with Crippen LogP contribution in [0.3, 0.4) is 0 Å². The Morgan fingerprint density at radius 2 is 2.14 bits per heavy atom. The summed E-state index contributed by atoms with van der Waals surface area (Å²) in [6.45, 7) is 5.34. The Hall–Kier alpha value is -3.03. The van der Waals surface area contributed by atoms with Gasteiger partial charge < -0.3 is 19.8 Å². The highest BCUT2D eigenvalue weighted by atomic mass is 16.6. The number of anilines is 1. The summed E-state index contributed by atoms with van der Waals surface area (Å²) in [6.07, 6.45) is 4.10. The molecule has 2 aromatic rings. The van der Waals surface area contributed by atoms with Crippen LogP contribution in [0.1, 0.15) is 30.5 Å². The number of nitrogens with zero attached hydrogens (tertiary/aromatic N) is 3. The van der Waals surface area contributed by atoms with E-state index in [1.807, 2.05) is 26.1 Å². The number of aromatic nitrogens is 2. The smallest absolute Gasteiger partial charge is 0.415 e. The summed E-state index contributed by atoms with van der Waals surface area (Å²) in [5, 5.41) is 0. The molecule has 2 amide bonds. The number of hydrogen-bond acceptors (Lipinski definition) is 5. The molecule has 0 spiro atoms. The minimum absolute atomic E-state index is 0.0436. The van der Waals surface area contributed by atoms with Crippen LogP contribution in [0.15, 0.2) is 12.3 Å². The standard InChI is InChI=1S/C21H24N4O4/c1-11(19(22)26)7-13-8-16-18(15-4-3-14(13)15)20-23-17(9-24(20)5-6-28-16)25-12(2)10-29-21(25)27/h8-9,11-12H,3-7,10H2,1-2H3,(H2,22,26)/t11-,12-/m1/s1. The molecule has 29 heavy (non-hydrogen) atoms. The third-order valence-corrected chi connectivity index (χ3v) is 6.15. The second kappa shape index (κ2) is 6.50. The summed E-state index contributed by atoms with van der Waals surface area (Å²) in [6, 6.07) is 2.00. The molecule has 8 nitrogen and oxygen atoms in total. The third-order valence-electron chi connectivity index (χ3n) is 6.15. The van der Waals surface area contributed by atoms with Crippen molar-refractivity contribution in [1.29, 1.82) is 0 Å². The van der Waals surface area contributed by atoms with Crippen molar-refractivity contribution in [2.24, 2.45) is 11.7 Å². The zero-order chi connectivity index (χ0) is 20.3. The van der Waals surface area contributed by atoms with Gasteiger partial charge in [0.25, 0.3) is 0 Å². The van der Waals surface area contributed by atoms with Crippen LogP contribution < -0.4 is 15.4 Å². The van der Waals surface area contributed by atoms with Gasteiger partial charge in [0, 0.05) is 12.1 Å². The van der Waals surface area contributed by atoms with Gasteiger partial charge >= 0.3 is 6.09 Å². The van der Waals surface area contributed by atoms with Crippen molar-refractivity contribution >= 4 is 17.8 Å². The Bertz CT molecular complexity index is 1030. The van der Waals surface area contributed by atoms with Crippen molar-refractivity contribution in [2.75, 3.05) is 18.1 Å². The highest BCUT2D eigenvalue weighted by Crippen LogP contribution is 2.44. The summed E-state index contributed by atoms with van der Waals surface area (Å²) < 4.78 is 13.3. The van der Waals surface area contributed by atoms with Gasteiger partial charge in [-0.1, -0.05) is 6.92 Å². The summed E-state index contributed by atoms with van der Waals surface area (Å²) >= 11 is 0. The SMILES string of the molecule is C[C@H](Cc1cc2c(c3c1CC3)-c1nc(N3C(=O)OC[C@H]3C)cn1CCO2)C(N)=O. The molecule has 8 heteroatoms. The quantitative estimate of drug-likeness (QED) is 0.853. The Balaban J connectivity index is 1.59. The van der Waals surface area contributed by atoms with Crippen molar-refractivity contribution in [3.8, 4) is 17.1 Å². The molecule has 2 aliphatic heterocycles. The molecule has 0 saturated carbocycles. The predicted octanol–water partition coefficient (Wildman–Crippen LogP) is 2.05. The largest absolute Gasteiger partial charge is 0.491 e. The highest BCUT2D eigenvalue weighted by molar-refractivity contribution is 5.89. The van der Waals surface area contributed by atoms with E-state index < -0.39 is 0 Å². The monoisotopic (exact) mass is 396 g/mol. The van der Waals surface area contributed by atoms with Gasteiger partial charge in [-0.3, -0.25) is 9.69 Å². The third kappa shape index (κ3) is 2.77. The van der Waals surface area contributed by atoms with E-state index in [0.29, 0.717) is 32.0 Å². The van der Waals surface area contributed by atoms with Gasteiger partial charge in [-0.05, 0) is 48.9 Å². The second-order valence-electron chi connectivity index (χ2n) is 8.13. The van der Waals surface area contributed by atoms with Crippen LogP contribution in [0.2, 0.25) is 0 Å². The van der Waals surface area contributed by atoms with Gasteiger partial charge in [0.2, 0.25) is 5.91 Å². The van der Waals surface area contributed by atoms with E-state index in [9.17, 15) is 9.59 Å². The molecule has 1 aromatic heterocycles. The van der Waals surface area contributed by atoms with Crippen LogP contribution in [0.5, 0.6) is 5.75 Å². The minimum atomic E-state index is -0.356. The van der Waals surface area contributed by atoms with Gasteiger partial charge in [-0.25, -0.2) is 9.78 Å². The van der Waals surface area contributed by atoms with Crippen molar-refractivity contribution in [2.45, 2.75) is 45.7 Å². The van der Waals surface area contributed by atoms with Crippen LogP contribution in [-0.2, 0) is 35.3 Å². The van der Waals surface area contributed by atoms with Crippen LogP contribution in [0, 0.1) is 5.92 Å². The van der Waals surface area contributed by atoms with E-state index in [4.69, 9.17) is 20.2 Å². The lowest BCUT2D eigenvalue weighted by Crippen LogP contribution is -2.31. The van der Waals surface area contributed by atoms with Crippen LogP contribution in [0.25, 0.3) is 11.4 Å². The number of carbonyl (C=O) groups excluding carboxylic acids is 2. The van der Waals surface area contributed by atoms with Crippen LogP contribution >= 0.6 is 0 Å². The second-order valence-corrected chi connectivity index (χ2v) is 8.13. The normalized spacial score (nSPS) is 20.6. The number of amides is 2. The van der Waals surface area contributed by atoms with Gasteiger partial charge in [-0.15, -0.1) is 0 Å².